The van der Waals surface area contributed by atoms with E-state index in [2.05, 4.69) is 13.8 Å². The number of carbonyl (C=O) groups excluding carboxylic acids is 1. The minimum atomic E-state index is -0.0928. The molecule has 3 nitrogen and oxygen atoms in total. The second-order valence-electron chi connectivity index (χ2n) is 4.86. The topological polar surface area (TPSA) is 52.3 Å². The molecule has 0 aliphatic heterocycles. The van der Waals surface area contributed by atoms with Gasteiger partial charge in [-0.05, 0) is 37.6 Å². The molecule has 0 heterocycles. The SMILES string of the molecule is CCC(CC)OC(=O)C[C@@H](CN)CC(C)C.Cl. The van der Waals surface area contributed by atoms with Crippen molar-refractivity contribution in [2.75, 3.05) is 6.54 Å². The summed E-state index contributed by atoms with van der Waals surface area (Å²) in [7, 11) is 0. The number of hydrogen-bond acceptors (Lipinski definition) is 3. The largest absolute Gasteiger partial charge is 0.462 e. The van der Waals surface area contributed by atoms with E-state index in [0.29, 0.717) is 18.9 Å². The zero-order valence-corrected chi connectivity index (χ0v) is 12.4. The lowest BCUT2D eigenvalue weighted by atomic mass is 9.94. The molecule has 0 saturated heterocycles. The maximum atomic E-state index is 11.6. The third-order valence-electron chi connectivity index (χ3n) is 2.80. The van der Waals surface area contributed by atoms with Gasteiger partial charge in [0.2, 0.25) is 0 Å². The first kappa shape index (κ1) is 19.1. The minimum Gasteiger partial charge on any atom is -0.462 e. The van der Waals surface area contributed by atoms with Crippen LogP contribution in [0.1, 0.15) is 53.4 Å². The van der Waals surface area contributed by atoms with Gasteiger partial charge in [-0.15, -0.1) is 12.4 Å². The summed E-state index contributed by atoms with van der Waals surface area (Å²) in [6, 6.07) is 0. The van der Waals surface area contributed by atoms with Crippen LogP contribution in [0.25, 0.3) is 0 Å². The molecular weight excluding hydrogens is 238 g/mol. The highest BCUT2D eigenvalue weighted by atomic mass is 35.5. The molecule has 0 bridgehead atoms. The Balaban J connectivity index is 0. The first-order valence-electron chi connectivity index (χ1n) is 6.42. The van der Waals surface area contributed by atoms with Gasteiger partial charge < -0.3 is 10.5 Å². The van der Waals surface area contributed by atoms with E-state index in [1.807, 2.05) is 13.8 Å². The van der Waals surface area contributed by atoms with Crippen LogP contribution < -0.4 is 5.73 Å². The predicted molar refractivity (Wildman–Crippen MR) is 74.3 cm³/mol. The molecular formula is C13H28ClNO2. The monoisotopic (exact) mass is 265 g/mol. The Morgan fingerprint density at radius 1 is 1.24 bits per heavy atom. The Morgan fingerprint density at radius 2 is 1.76 bits per heavy atom. The van der Waals surface area contributed by atoms with Gasteiger partial charge in [0.1, 0.15) is 6.10 Å². The van der Waals surface area contributed by atoms with Gasteiger partial charge >= 0.3 is 5.97 Å². The maximum absolute atomic E-state index is 11.6. The van der Waals surface area contributed by atoms with E-state index in [1.165, 1.54) is 0 Å². The number of nitrogens with two attached hydrogens (primary N) is 1. The number of rotatable bonds is 8. The van der Waals surface area contributed by atoms with Gasteiger partial charge in [-0.25, -0.2) is 0 Å². The van der Waals surface area contributed by atoms with Crippen molar-refractivity contribution in [2.45, 2.75) is 59.5 Å². The van der Waals surface area contributed by atoms with E-state index in [-0.39, 0.29) is 30.4 Å². The van der Waals surface area contributed by atoms with Crippen molar-refractivity contribution in [1.29, 1.82) is 0 Å². The Kier molecular flexibility index (Phi) is 12.2. The highest BCUT2D eigenvalue weighted by Gasteiger charge is 2.17. The lowest BCUT2D eigenvalue weighted by Crippen LogP contribution is -2.24. The molecule has 104 valence electrons. The van der Waals surface area contributed by atoms with Crippen molar-refractivity contribution in [2.24, 2.45) is 17.6 Å². The van der Waals surface area contributed by atoms with Crippen molar-refractivity contribution in [3.63, 3.8) is 0 Å². The lowest BCUT2D eigenvalue weighted by molar-refractivity contribution is -0.150. The molecule has 4 heteroatoms. The van der Waals surface area contributed by atoms with E-state index in [4.69, 9.17) is 10.5 Å². The molecule has 0 amide bonds. The van der Waals surface area contributed by atoms with Crippen LogP contribution in [0.5, 0.6) is 0 Å². The van der Waals surface area contributed by atoms with Crippen LogP contribution >= 0.6 is 12.4 Å². The molecule has 0 aromatic carbocycles. The van der Waals surface area contributed by atoms with Crippen LogP contribution in [-0.4, -0.2) is 18.6 Å². The van der Waals surface area contributed by atoms with E-state index in [0.717, 1.165) is 19.3 Å². The molecule has 17 heavy (non-hydrogen) atoms. The van der Waals surface area contributed by atoms with Gasteiger partial charge in [-0.3, -0.25) is 4.79 Å². The van der Waals surface area contributed by atoms with Crippen molar-refractivity contribution < 1.29 is 9.53 Å². The zero-order chi connectivity index (χ0) is 12.6. The van der Waals surface area contributed by atoms with Crippen LogP contribution in [-0.2, 0) is 9.53 Å². The van der Waals surface area contributed by atoms with Gasteiger partial charge in [0, 0.05) is 6.42 Å². The molecule has 0 unspecified atom stereocenters. The summed E-state index contributed by atoms with van der Waals surface area (Å²) in [5.74, 6) is 0.751. The molecule has 0 aliphatic carbocycles. The van der Waals surface area contributed by atoms with Gasteiger partial charge in [0.15, 0.2) is 0 Å². The Morgan fingerprint density at radius 3 is 2.12 bits per heavy atom. The number of halogens is 1. The number of esters is 1. The Bertz CT molecular complexity index is 194. The molecule has 2 N–H and O–H groups in total. The quantitative estimate of drug-likeness (QED) is 0.686. The predicted octanol–water partition coefficient (Wildman–Crippen LogP) is 3.15. The first-order chi connectivity index (χ1) is 7.53. The third-order valence-corrected chi connectivity index (χ3v) is 2.80. The third kappa shape index (κ3) is 9.42. The van der Waals surface area contributed by atoms with Gasteiger partial charge in [0.05, 0.1) is 0 Å². The molecule has 0 aromatic heterocycles. The van der Waals surface area contributed by atoms with Gasteiger partial charge in [-0.1, -0.05) is 27.7 Å². The normalized spacial score (nSPS) is 12.4. The van der Waals surface area contributed by atoms with Crippen LogP contribution in [0.2, 0.25) is 0 Å². The fourth-order valence-corrected chi connectivity index (χ4v) is 1.85. The van der Waals surface area contributed by atoms with Crippen LogP contribution in [0.15, 0.2) is 0 Å². The summed E-state index contributed by atoms with van der Waals surface area (Å²) in [6.45, 7) is 8.94. The Labute approximate surface area is 112 Å². The average Bonchev–Trinajstić information content (AvgIpc) is 2.24. The summed E-state index contributed by atoms with van der Waals surface area (Å²) < 4.78 is 5.37. The first-order valence-corrected chi connectivity index (χ1v) is 6.42. The van der Waals surface area contributed by atoms with E-state index in [1.54, 1.807) is 0 Å². The summed E-state index contributed by atoms with van der Waals surface area (Å²) in [4.78, 5) is 11.6. The van der Waals surface area contributed by atoms with Crippen molar-refractivity contribution >= 4 is 18.4 Å². The molecule has 0 fully saturated rings. The summed E-state index contributed by atoms with van der Waals surface area (Å²) in [6.07, 6.45) is 3.31. The van der Waals surface area contributed by atoms with Crippen LogP contribution in [0.4, 0.5) is 0 Å². The second-order valence-corrected chi connectivity index (χ2v) is 4.86. The van der Waals surface area contributed by atoms with Gasteiger partial charge in [-0.2, -0.15) is 0 Å². The molecule has 0 rings (SSSR count). The van der Waals surface area contributed by atoms with E-state index >= 15 is 0 Å². The zero-order valence-electron chi connectivity index (χ0n) is 11.6. The molecule has 1 atom stereocenters. The van der Waals surface area contributed by atoms with E-state index < -0.39 is 0 Å². The van der Waals surface area contributed by atoms with E-state index in [9.17, 15) is 4.79 Å². The summed E-state index contributed by atoms with van der Waals surface area (Å²) in [5.41, 5.74) is 5.66. The summed E-state index contributed by atoms with van der Waals surface area (Å²) >= 11 is 0. The fraction of sp³-hybridized carbons (Fsp3) is 0.923. The van der Waals surface area contributed by atoms with Gasteiger partial charge in [0.25, 0.3) is 0 Å². The Hall–Kier alpha value is -0.280. The van der Waals surface area contributed by atoms with Crippen molar-refractivity contribution in [3.8, 4) is 0 Å². The van der Waals surface area contributed by atoms with Crippen molar-refractivity contribution in [3.05, 3.63) is 0 Å². The highest BCUT2D eigenvalue weighted by Crippen LogP contribution is 2.16. The summed E-state index contributed by atoms with van der Waals surface area (Å²) in [5, 5.41) is 0. The van der Waals surface area contributed by atoms with Crippen LogP contribution in [0, 0.1) is 11.8 Å². The lowest BCUT2D eigenvalue weighted by Gasteiger charge is -2.19. The van der Waals surface area contributed by atoms with Crippen LogP contribution in [0.3, 0.4) is 0 Å². The van der Waals surface area contributed by atoms with Crippen molar-refractivity contribution in [1.82, 2.24) is 0 Å². The molecule has 0 aromatic rings. The highest BCUT2D eigenvalue weighted by molar-refractivity contribution is 5.85. The maximum Gasteiger partial charge on any atom is 0.306 e. The molecule has 0 aliphatic rings. The number of ether oxygens (including phenoxy) is 1. The number of hydrogen-bond donors (Lipinski definition) is 1. The fourth-order valence-electron chi connectivity index (χ4n) is 1.85. The standard InChI is InChI=1S/C13H27NO2.ClH/c1-5-12(6-2)16-13(15)8-11(9-14)7-10(3)4;/h10-12H,5-9,14H2,1-4H3;1H/t11-;/m0./s1. The average molecular weight is 266 g/mol. The number of carbonyl (C=O) groups is 1. The molecule has 0 saturated carbocycles. The molecule has 0 radical (unpaired) electrons. The minimum absolute atomic E-state index is 0. The smallest absolute Gasteiger partial charge is 0.306 e. The molecule has 0 spiro atoms. The second kappa shape index (κ2) is 10.8.